The molecule has 2 heterocycles. The van der Waals surface area contributed by atoms with Crippen molar-refractivity contribution in [1.29, 1.82) is 0 Å². The quantitative estimate of drug-likeness (QED) is 0.388. The number of rotatable bonds is 7. The highest BCUT2D eigenvalue weighted by molar-refractivity contribution is 7.16. The van der Waals surface area contributed by atoms with Gasteiger partial charge >= 0.3 is 0 Å². The topological polar surface area (TPSA) is 80.0 Å². The van der Waals surface area contributed by atoms with Gasteiger partial charge in [-0.1, -0.05) is 34.5 Å². The molecule has 0 bridgehead atoms. The van der Waals surface area contributed by atoms with Crippen molar-refractivity contribution >= 4 is 39.5 Å². The van der Waals surface area contributed by atoms with E-state index < -0.39 is 0 Å². The molecule has 0 saturated heterocycles. The molecule has 0 aliphatic rings. The summed E-state index contributed by atoms with van der Waals surface area (Å²) in [5.74, 6) is 2.59. The fraction of sp³-hybridized carbons (Fsp3) is 0.211. The van der Waals surface area contributed by atoms with Crippen molar-refractivity contribution in [3.05, 3.63) is 45.4 Å². The lowest BCUT2D eigenvalue weighted by molar-refractivity contribution is 0.304. The smallest absolute Gasteiger partial charge is 0.235 e. The lowest BCUT2D eigenvalue weighted by Crippen LogP contribution is -1.99. The molecule has 30 heavy (non-hydrogen) atoms. The Morgan fingerprint density at radius 1 is 0.933 bits per heavy atom. The van der Waals surface area contributed by atoms with E-state index in [1.807, 2.05) is 0 Å². The lowest BCUT2D eigenvalue weighted by atomic mass is 10.1. The molecule has 4 aromatic rings. The van der Waals surface area contributed by atoms with Crippen molar-refractivity contribution in [2.24, 2.45) is 0 Å². The SMILES string of the molecule is COc1cc(-c2nnc3sc(COc4ccc(Cl)cc4Cl)nn23)cc(OC)c1OC. The van der Waals surface area contributed by atoms with Gasteiger partial charge in [0.1, 0.15) is 12.4 Å². The van der Waals surface area contributed by atoms with Gasteiger partial charge in [-0.25, -0.2) is 0 Å². The molecule has 0 radical (unpaired) electrons. The van der Waals surface area contributed by atoms with E-state index in [1.165, 1.54) is 11.3 Å². The van der Waals surface area contributed by atoms with Crippen LogP contribution in [0.5, 0.6) is 23.0 Å². The van der Waals surface area contributed by atoms with Gasteiger partial charge in [0.2, 0.25) is 10.7 Å². The van der Waals surface area contributed by atoms with Gasteiger partial charge in [0.05, 0.1) is 26.4 Å². The summed E-state index contributed by atoms with van der Waals surface area (Å²) in [4.78, 5) is 0.625. The van der Waals surface area contributed by atoms with Crippen LogP contribution in [0.4, 0.5) is 0 Å². The van der Waals surface area contributed by atoms with Gasteiger partial charge in [0.25, 0.3) is 0 Å². The van der Waals surface area contributed by atoms with E-state index in [4.69, 9.17) is 42.1 Å². The maximum atomic E-state index is 6.15. The minimum absolute atomic E-state index is 0.226. The zero-order valence-electron chi connectivity index (χ0n) is 16.2. The number of halogens is 2. The van der Waals surface area contributed by atoms with Crippen molar-refractivity contribution < 1.29 is 18.9 Å². The first kappa shape index (κ1) is 20.5. The third-order valence-corrected chi connectivity index (χ3v) is 5.60. The average Bonchev–Trinajstić information content (AvgIpc) is 3.32. The highest BCUT2D eigenvalue weighted by Gasteiger charge is 2.19. The van der Waals surface area contributed by atoms with E-state index >= 15 is 0 Å². The largest absolute Gasteiger partial charge is 0.493 e. The van der Waals surface area contributed by atoms with E-state index in [-0.39, 0.29) is 6.61 Å². The van der Waals surface area contributed by atoms with E-state index in [2.05, 4.69) is 15.3 Å². The van der Waals surface area contributed by atoms with Gasteiger partial charge in [-0.3, -0.25) is 0 Å². The lowest BCUT2D eigenvalue weighted by Gasteiger charge is -2.13. The van der Waals surface area contributed by atoms with E-state index in [9.17, 15) is 0 Å². The van der Waals surface area contributed by atoms with Gasteiger partial charge in [-0.05, 0) is 30.3 Å². The van der Waals surface area contributed by atoms with Crippen molar-refractivity contribution in [3.8, 4) is 34.4 Å². The van der Waals surface area contributed by atoms with Crippen molar-refractivity contribution in [1.82, 2.24) is 19.8 Å². The van der Waals surface area contributed by atoms with Crippen LogP contribution in [0.3, 0.4) is 0 Å². The Labute approximate surface area is 185 Å². The van der Waals surface area contributed by atoms with Crippen LogP contribution < -0.4 is 18.9 Å². The third-order valence-electron chi connectivity index (χ3n) is 4.20. The molecule has 156 valence electrons. The number of nitrogens with zero attached hydrogens (tertiary/aromatic N) is 4. The first-order valence-electron chi connectivity index (χ1n) is 8.63. The second kappa shape index (κ2) is 8.55. The van der Waals surface area contributed by atoms with Crippen LogP contribution in [-0.4, -0.2) is 41.1 Å². The zero-order valence-corrected chi connectivity index (χ0v) is 18.5. The second-order valence-electron chi connectivity index (χ2n) is 5.99. The number of hydrogen-bond acceptors (Lipinski definition) is 8. The molecule has 0 amide bonds. The van der Waals surface area contributed by atoms with Gasteiger partial charge in [-0.2, -0.15) is 9.61 Å². The Morgan fingerprint density at radius 3 is 2.30 bits per heavy atom. The van der Waals surface area contributed by atoms with Crippen molar-refractivity contribution in [2.75, 3.05) is 21.3 Å². The predicted octanol–water partition coefficient (Wildman–Crippen LogP) is 4.76. The van der Waals surface area contributed by atoms with Gasteiger partial charge in [0, 0.05) is 10.6 Å². The summed E-state index contributed by atoms with van der Waals surface area (Å²) < 4.78 is 23.6. The molecule has 0 fully saturated rings. The predicted molar refractivity (Wildman–Crippen MR) is 115 cm³/mol. The fourth-order valence-corrected chi connectivity index (χ4v) is 4.05. The fourth-order valence-electron chi connectivity index (χ4n) is 2.84. The summed E-state index contributed by atoms with van der Waals surface area (Å²) in [6.45, 7) is 0.226. The summed E-state index contributed by atoms with van der Waals surface area (Å²) >= 11 is 13.4. The van der Waals surface area contributed by atoms with E-state index in [1.54, 1.807) is 56.2 Å². The maximum absolute atomic E-state index is 6.15. The normalized spacial score (nSPS) is 11.0. The molecule has 2 aromatic heterocycles. The Morgan fingerprint density at radius 2 is 1.67 bits per heavy atom. The van der Waals surface area contributed by atoms with Crippen LogP contribution in [-0.2, 0) is 6.61 Å². The van der Waals surface area contributed by atoms with Crippen LogP contribution in [0.15, 0.2) is 30.3 Å². The number of benzene rings is 2. The van der Waals surface area contributed by atoms with Crippen LogP contribution in [0.1, 0.15) is 5.01 Å². The number of methoxy groups -OCH3 is 3. The van der Waals surface area contributed by atoms with Crippen LogP contribution in [0.25, 0.3) is 16.3 Å². The maximum Gasteiger partial charge on any atom is 0.235 e. The Hall–Kier alpha value is -2.75. The standard InChI is InChI=1S/C19H16Cl2N4O4S/c1-26-14-6-10(7-15(27-2)17(14)28-3)18-22-23-19-25(18)24-16(30-19)9-29-13-5-4-11(20)8-12(13)21/h4-8H,9H2,1-3H3. The average molecular weight is 467 g/mol. The molecule has 0 N–H and O–H groups in total. The van der Waals surface area contributed by atoms with E-state index in [0.717, 1.165) is 5.56 Å². The number of fused-ring (bicyclic) bond motifs is 1. The number of hydrogen-bond donors (Lipinski definition) is 0. The van der Waals surface area contributed by atoms with Crippen molar-refractivity contribution in [3.63, 3.8) is 0 Å². The third kappa shape index (κ3) is 3.83. The number of aromatic nitrogens is 4. The molecular weight excluding hydrogens is 451 g/mol. The first-order chi connectivity index (χ1) is 14.5. The highest BCUT2D eigenvalue weighted by atomic mass is 35.5. The Kier molecular flexibility index (Phi) is 5.85. The van der Waals surface area contributed by atoms with Gasteiger partial charge in [0.15, 0.2) is 22.3 Å². The van der Waals surface area contributed by atoms with Gasteiger partial charge in [-0.15, -0.1) is 10.2 Å². The first-order valence-corrected chi connectivity index (χ1v) is 10.2. The molecule has 11 heteroatoms. The van der Waals surface area contributed by atoms with Gasteiger partial charge < -0.3 is 18.9 Å². The highest BCUT2D eigenvalue weighted by Crippen LogP contribution is 2.41. The monoisotopic (exact) mass is 466 g/mol. The molecule has 0 aliphatic heterocycles. The second-order valence-corrected chi connectivity index (χ2v) is 7.88. The molecule has 0 atom stereocenters. The summed E-state index contributed by atoms with van der Waals surface area (Å²) in [5.41, 5.74) is 0.718. The van der Waals surface area contributed by atoms with Crippen molar-refractivity contribution in [2.45, 2.75) is 6.61 Å². The summed E-state index contributed by atoms with van der Waals surface area (Å²) in [6.07, 6.45) is 0. The molecule has 0 saturated carbocycles. The number of ether oxygens (including phenoxy) is 4. The van der Waals surface area contributed by atoms with E-state index in [0.29, 0.717) is 48.8 Å². The minimum Gasteiger partial charge on any atom is -0.493 e. The molecule has 8 nitrogen and oxygen atoms in total. The Bertz CT molecular complexity index is 1190. The summed E-state index contributed by atoms with van der Waals surface area (Å²) in [5, 5.41) is 14.7. The summed E-state index contributed by atoms with van der Waals surface area (Å²) in [6, 6.07) is 8.64. The molecular formula is C19H16Cl2N4O4S. The zero-order chi connectivity index (χ0) is 21.3. The molecule has 4 rings (SSSR count). The molecule has 0 spiro atoms. The van der Waals surface area contributed by atoms with Crippen LogP contribution in [0, 0.1) is 0 Å². The molecule has 0 aliphatic carbocycles. The minimum atomic E-state index is 0.226. The summed E-state index contributed by atoms with van der Waals surface area (Å²) in [7, 11) is 4.66. The van der Waals surface area contributed by atoms with Crippen LogP contribution >= 0.6 is 34.5 Å². The molecule has 2 aromatic carbocycles. The molecule has 0 unspecified atom stereocenters. The Balaban J connectivity index is 1.65. The van der Waals surface area contributed by atoms with Crippen LogP contribution in [0.2, 0.25) is 10.0 Å².